The van der Waals surface area contributed by atoms with Crippen molar-refractivity contribution in [3.8, 4) is 5.69 Å². The van der Waals surface area contributed by atoms with Gasteiger partial charge in [0.1, 0.15) is 0 Å². The van der Waals surface area contributed by atoms with Crippen molar-refractivity contribution in [1.29, 1.82) is 0 Å². The van der Waals surface area contributed by atoms with Crippen molar-refractivity contribution >= 4 is 5.91 Å². The summed E-state index contributed by atoms with van der Waals surface area (Å²) in [4.78, 5) is 14.8. The average Bonchev–Trinajstić information content (AvgIpc) is 3.19. The van der Waals surface area contributed by atoms with Gasteiger partial charge in [-0.3, -0.25) is 4.79 Å². The summed E-state index contributed by atoms with van der Waals surface area (Å²) in [6, 6.07) is 14.8. The summed E-state index contributed by atoms with van der Waals surface area (Å²) in [5.41, 5.74) is 3.66. The van der Waals surface area contributed by atoms with Gasteiger partial charge in [0.25, 0.3) is 5.91 Å². The number of fused-ring (bicyclic) bond motifs is 2. The van der Waals surface area contributed by atoms with Crippen molar-refractivity contribution in [3.05, 3.63) is 82.2 Å². The van der Waals surface area contributed by atoms with E-state index >= 15 is 0 Å². The summed E-state index contributed by atoms with van der Waals surface area (Å²) in [6.45, 7) is 1.22. The monoisotopic (exact) mass is 425 g/mol. The molecule has 5 rings (SSSR count). The highest BCUT2D eigenvalue weighted by Crippen LogP contribution is 2.36. The van der Waals surface area contributed by atoms with Crippen LogP contribution in [0.15, 0.2) is 48.5 Å². The minimum absolute atomic E-state index is 0.0699. The third-order valence-electron chi connectivity index (χ3n) is 6.23. The number of nitrogens with zero attached hydrogens (tertiary/aromatic N) is 3. The third-order valence-corrected chi connectivity index (χ3v) is 6.23. The van der Waals surface area contributed by atoms with E-state index in [-0.39, 0.29) is 5.91 Å². The van der Waals surface area contributed by atoms with E-state index in [2.05, 4.69) is 11.2 Å². The van der Waals surface area contributed by atoms with Gasteiger partial charge in [0.2, 0.25) is 0 Å². The van der Waals surface area contributed by atoms with Gasteiger partial charge < -0.3 is 4.90 Å². The molecule has 0 spiro atoms. The summed E-state index contributed by atoms with van der Waals surface area (Å²) in [5, 5.41) is 3.92. The van der Waals surface area contributed by atoms with Crippen LogP contribution < -0.4 is 0 Å². The molecular weight excluding hydrogens is 403 g/mol. The number of carbonyl (C=O) groups excluding carboxylic acids is 1. The highest BCUT2D eigenvalue weighted by molar-refractivity contribution is 5.94. The van der Waals surface area contributed by atoms with Crippen molar-refractivity contribution in [2.24, 2.45) is 0 Å². The van der Waals surface area contributed by atoms with Crippen molar-refractivity contribution in [3.63, 3.8) is 0 Å². The van der Waals surface area contributed by atoms with Crippen LogP contribution in [0, 0.1) is 0 Å². The second kappa shape index (κ2) is 7.55. The molecule has 3 aromatic rings. The predicted molar refractivity (Wildman–Crippen MR) is 110 cm³/mol. The van der Waals surface area contributed by atoms with Crippen LogP contribution in [-0.4, -0.2) is 27.1 Å². The van der Waals surface area contributed by atoms with E-state index in [1.54, 1.807) is 24.3 Å². The van der Waals surface area contributed by atoms with Gasteiger partial charge in [-0.2, -0.15) is 18.3 Å². The largest absolute Gasteiger partial charge is 0.435 e. The molecule has 0 saturated carbocycles. The Morgan fingerprint density at radius 1 is 0.903 bits per heavy atom. The van der Waals surface area contributed by atoms with Crippen molar-refractivity contribution in [1.82, 2.24) is 14.7 Å². The number of alkyl halides is 3. The Balaban J connectivity index is 1.41. The zero-order chi connectivity index (χ0) is 21.6. The van der Waals surface area contributed by atoms with Gasteiger partial charge in [0.15, 0.2) is 5.69 Å². The maximum absolute atomic E-state index is 13.5. The second-order valence-electron chi connectivity index (χ2n) is 8.18. The van der Waals surface area contributed by atoms with Crippen molar-refractivity contribution in [2.45, 2.75) is 44.8 Å². The summed E-state index contributed by atoms with van der Waals surface area (Å²) >= 11 is 0. The minimum Gasteiger partial charge on any atom is -0.334 e. The molecule has 0 N–H and O–H groups in total. The van der Waals surface area contributed by atoms with E-state index in [0.29, 0.717) is 48.4 Å². The maximum Gasteiger partial charge on any atom is 0.435 e. The fraction of sp³-hybridized carbons (Fsp3) is 0.333. The van der Waals surface area contributed by atoms with Crippen LogP contribution in [-0.2, 0) is 32.0 Å². The first kappa shape index (κ1) is 19.8. The first-order valence-electron chi connectivity index (χ1n) is 10.6. The summed E-state index contributed by atoms with van der Waals surface area (Å²) < 4.78 is 41.8. The van der Waals surface area contributed by atoms with E-state index in [1.165, 1.54) is 10.2 Å². The molecule has 0 unspecified atom stereocenters. The number of rotatable bonds is 2. The molecule has 160 valence electrons. The van der Waals surface area contributed by atoms with Gasteiger partial charge in [-0.05, 0) is 67.5 Å². The molecule has 1 aromatic heterocycles. The zero-order valence-electron chi connectivity index (χ0n) is 17.0. The van der Waals surface area contributed by atoms with E-state index in [9.17, 15) is 18.0 Å². The van der Waals surface area contributed by atoms with Gasteiger partial charge >= 0.3 is 6.18 Å². The first-order chi connectivity index (χ1) is 14.9. The molecule has 0 atom stereocenters. The fourth-order valence-electron chi connectivity index (χ4n) is 4.64. The summed E-state index contributed by atoms with van der Waals surface area (Å²) in [7, 11) is 0. The van der Waals surface area contributed by atoms with Crippen LogP contribution in [0.25, 0.3) is 5.69 Å². The fourth-order valence-corrected chi connectivity index (χ4v) is 4.64. The number of aromatic nitrogens is 2. The lowest BCUT2D eigenvalue weighted by atomic mass is 9.95. The van der Waals surface area contributed by atoms with Gasteiger partial charge in [-0.25, -0.2) is 4.68 Å². The van der Waals surface area contributed by atoms with E-state index in [1.807, 2.05) is 23.1 Å². The number of halogens is 3. The Morgan fingerprint density at radius 3 is 2.35 bits per heavy atom. The quantitative estimate of drug-likeness (QED) is 0.582. The molecule has 1 amide bonds. The van der Waals surface area contributed by atoms with Crippen molar-refractivity contribution in [2.75, 3.05) is 6.54 Å². The first-order valence-corrected chi connectivity index (χ1v) is 10.6. The molecule has 1 aliphatic carbocycles. The van der Waals surface area contributed by atoms with Crippen LogP contribution >= 0.6 is 0 Å². The molecule has 2 aromatic carbocycles. The molecule has 2 aliphatic rings. The highest BCUT2D eigenvalue weighted by Gasteiger charge is 2.39. The Kier molecular flexibility index (Phi) is 4.84. The van der Waals surface area contributed by atoms with Crippen LogP contribution in [0.4, 0.5) is 13.2 Å². The SMILES string of the molecule is O=C(c1ccc(-n2nc(C(F)(F)F)c3c2CCCC3)cc1)N1CCc2ccccc2C1. The predicted octanol–water partition coefficient (Wildman–Crippen LogP) is 4.97. The second-order valence-corrected chi connectivity index (χ2v) is 8.18. The molecule has 0 saturated heterocycles. The smallest absolute Gasteiger partial charge is 0.334 e. The molecule has 2 heterocycles. The molecular formula is C24H22F3N3O. The lowest BCUT2D eigenvalue weighted by Gasteiger charge is -2.29. The molecule has 31 heavy (non-hydrogen) atoms. The van der Waals surface area contributed by atoms with E-state index < -0.39 is 11.9 Å². The third kappa shape index (κ3) is 3.62. The Labute approximate surface area is 178 Å². The lowest BCUT2D eigenvalue weighted by Crippen LogP contribution is -2.35. The van der Waals surface area contributed by atoms with E-state index in [4.69, 9.17) is 0 Å². The summed E-state index contributed by atoms with van der Waals surface area (Å²) in [6.07, 6.45) is -1.08. The van der Waals surface area contributed by atoms with Crippen molar-refractivity contribution < 1.29 is 18.0 Å². The molecule has 4 nitrogen and oxygen atoms in total. The van der Waals surface area contributed by atoms with Gasteiger partial charge in [0, 0.05) is 29.9 Å². The molecule has 7 heteroatoms. The number of amides is 1. The van der Waals surface area contributed by atoms with Crippen LogP contribution in [0.5, 0.6) is 0 Å². The van der Waals surface area contributed by atoms with E-state index in [0.717, 1.165) is 24.8 Å². The Hall–Kier alpha value is -3.09. The molecule has 0 radical (unpaired) electrons. The lowest BCUT2D eigenvalue weighted by molar-refractivity contribution is -0.142. The molecule has 0 fully saturated rings. The number of carbonyl (C=O) groups is 1. The number of hydrogen-bond acceptors (Lipinski definition) is 2. The van der Waals surface area contributed by atoms with Crippen LogP contribution in [0.2, 0.25) is 0 Å². The standard InChI is InChI=1S/C24H22F3N3O/c25-24(26,27)22-20-7-3-4-8-21(20)30(28-22)19-11-9-17(10-12-19)23(31)29-14-13-16-5-1-2-6-18(16)15-29/h1-2,5-6,9-12H,3-4,7-8,13-15H2. The maximum atomic E-state index is 13.5. The molecule has 0 bridgehead atoms. The Morgan fingerprint density at radius 2 is 1.61 bits per heavy atom. The zero-order valence-corrected chi connectivity index (χ0v) is 17.0. The Bertz CT molecular complexity index is 1130. The normalized spacial score (nSPS) is 16.0. The number of hydrogen-bond donors (Lipinski definition) is 0. The number of benzene rings is 2. The topological polar surface area (TPSA) is 38.1 Å². The van der Waals surface area contributed by atoms with Crippen LogP contribution in [0.3, 0.4) is 0 Å². The van der Waals surface area contributed by atoms with Gasteiger partial charge in [-0.15, -0.1) is 0 Å². The van der Waals surface area contributed by atoms with Gasteiger partial charge in [0.05, 0.1) is 5.69 Å². The average molecular weight is 425 g/mol. The van der Waals surface area contributed by atoms with Crippen LogP contribution in [0.1, 0.15) is 51.3 Å². The highest BCUT2D eigenvalue weighted by atomic mass is 19.4. The van der Waals surface area contributed by atoms with Gasteiger partial charge in [-0.1, -0.05) is 24.3 Å². The summed E-state index contributed by atoms with van der Waals surface area (Å²) in [5.74, 6) is -0.0699. The molecule has 1 aliphatic heterocycles. The minimum atomic E-state index is -4.47.